The summed E-state index contributed by atoms with van der Waals surface area (Å²) >= 11 is 0. The zero-order valence-electron chi connectivity index (χ0n) is 8.12. The van der Waals surface area contributed by atoms with E-state index in [0.717, 1.165) is 17.7 Å². The molecule has 0 atom stereocenters. The zero-order valence-corrected chi connectivity index (χ0v) is 8.12. The maximum atomic E-state index is 9.51. The van der Waals surface area contributed by atoms with E-state index in [-0.39, 0.29) is 0 Å². The van der Waals surface area contributed by atoms with Crippen LogP contribution in [0.2, 0.25) is 0 Å². The molecule has 0 aliphatic rings. The molecule has 1 aromatic rings. The first-order valence-corrected chi connectivity index (χ1v) is 4.29. The number of phenols is 1. The second-order valence-electron chi connectivity index (χ2n) is 3.40. The maximum Gasteiger partial charge on any atom is 0.120 e. The third-order valence-corrected chi connectivity index (χ3v) is 1.87. The van der Waals surface area contributed by atoms with Crippen LogP contribution in [0.4, 0.5) is 0 Å². The van der Waals surface area contributed by atoms with E-state index >= 15 is 0 Å². The summed E-state index contributed by atoms with van der Waals surface area (Å²) in [4.78, 5) is 2.01. The van der Waals surface area contributed by atoms with Crippen LogP contribution in [0.3, 0.4) is 0 Å². The lowest BCUT2D eigenvalue weighted by atomic mass is 10.1. The Bertz CT molecular complexity index is 284. The van der Waals surface area contributed by atoms with Gasteiger partial charge < -0.3 is 15.7 Å². The second-order valence-corrected chi connectivity index (χ2v) is 3.40. The van der Waals surface area contributed by atoms with Crippen molar-refractivity contribution in [1.29, 1.82) is 0 Å². The summed E-state index contributed by atoms with van der Waals surface area (Å²) in [6.45, 7) is 1.25. The predicted octanol–water partition coefficient (Wildman–Crippen LogP) is 0.912. The van der Waals surface area contributed by atoms with Crippen LogP contribution in [0.1, 0.15) is 11.1 Å². The highest BCUT2D eigenvalue weighted by molar-refractivity contribution is 5.35. The van der Waals surface area contributed by atoms with Crippen molar-refractivity contribution in [3.05, 3.63) is 29.3 Å². The Kier molecular flexibility index (Phi) is 3.28. The predicted molar refractivity (Wildman–Crippen MR) is 53.4 cm³/mol. The Labute approximate surface area is 78.8 Å². The lowest BCUT2D eigenvalue weighted by molar-refractivity contribution is 0.385. The molecule has 0 amide bonds. The van der Waals surface area contributed by atoms with Crippen molar-refractivity contribution in [1.82, 2.24) is 4.90 Å². The van der Waals surface area contributed by atoms with Crippen LogP contribution in [-0.4, -0.2) is 24.1 Å². The van der Waals surface area contributed by atoms with E-state index in [9.17, 15) is 5.11 Å². The average Bonchev–Trinajstić information content (AvgIpc) is 2.08. The fourth-order valence-electron chi connectivity index (χ4n) is 1.23. The topological polar surface area (TPSA) is 49.5 Å². The minimum absolute atomic E-state index is 0.339. The summed E-state index contributed by atoms with van der Waals surface area (Å²) in [7, 11) is 3.93. The second kappa shape index (κ2) is 4.25. The molecule has 1 aromatic carbocycles. The third kappa shape index (κ3) is 2.72. The molecule has 0 spiro atoms. The summed E-state index contributed by atoms with van der Waals surface area (Å²) in [5, 5.41) is 9.51. The van der Waals surface area contributed by atoms with Gasteiger partial charge in [0.25, 0.3) is 0 Å². The summed E-state index contributed by atoms with van der Waals surface area (Å²) < 4.78 is 0. The van der Waals surface area contributed by atoms with E-state index in [2.05, 4.69) is 0 Å². The normalized spacial score (nSPS) is 10.8. The first kappa shape index (κ1) is 10.0. The number of hydrogen-bond donors (Lipinski definition) is 2. The molecule has 0 saturated heterocycles. The molecule has 3 nitrogen and oxygen atoms in total. The molecule has 0 aromatic heterocycles. The highest BCUT2D eigenvalue weighted by atomic mass is 16.3. The molecule has 0 aliphatic carbocycles. The number of nitrogens with two attached hydrogens (primary N) is 1. The van der Waals surface area contributed by atoms with Crippen molar-refractivity contribution >= 4 is 0 Å². The Balaban J connectivity index is 2.90. The van der Waals surface area contributed by atoms with E-state index in [1.165, 1.54) is 0 Å². The SMILES string of the molecule is CN(C)Cc1cc(CN)ccc1O. The molecule has 3 heteroatoms. The van der Waals surface area contributed by atoms with Crippen LogP contribution in [-0.2, 0) is 13.1 Å². The largest absolute Gasteiger partial charge is 0.508 e. The summed E-state index contributed by atoms with van der Waals surface area (Å²) in [5.41, 5.74) is 7.48. The lowest BCUT2D eigenvalue weighted by Gasteiger charge is -2.12. The van der Waals surface area contributed by atoms with Crippen molar-refractivity contribution in [3.8, 4) is 5.75 Å². The standard InChI is InChI=1S/C10H16N2O/c1-12(2)7-9-5-8(6-11)3-4-10(9)13/h3-5,13H,6-7,11H2,1-2H3. The zero-order chi connectivity index (χ0) is 9.84. The Morgan fingerprint density at radius 1 is 1.38 bits per heavy atom. The summed E-state index contributed by atoms with van der Waals surface area (Å²) in [5.74, 6) is 0.339. The van der Waals surface area contributed by atoms with Gasteiger partial charge in [-0.3, -0.25) is 0 Å². The molecule has 13 heavy (non-hydrogen) atoms. The fourth-order valence-corrected chi connectivity index (χ4v) is 1.23. The van der Waals surface area contributed by atoms with Gasteiger partial charge in [-0.25, -0.2) is 0 Å². The molecule has 3 N–H and O–H groups in total. The minimum Gasteiger partial charge on any atom is -0.508 e. The highest BCUT2D eigenvalue weighted by Crippen LogP contribution is 2.19. The fraction of sp³-hybridized carbons (Fsp3) is 0.400. The molecule has 0 aliphatic heterocycles. The van der Waals surface area contributed by atoms with Crippen molar-refractivity contribution in [3.63, 3.8) is 0 Å². The number of benzene rings is 1. The summed E-state index contributed by atoms with van der Waals surface area (Å²) in [6.07, 6.45) is 0. The van der Waals surface area contributed by atoms with E-state index in [4.69, 9.17) is 5.73 Å². The van der Waals surface area contributed by atoms with Gasteiger partial charge in [0.2, 0.25) is 0 Å². The van der Waals surface area contributed by atoms with Gasteiger partial charge in [0.05, 0.1) is 0 Å². The van der Waals surface area contributed by atoms with E-state index in [0.29, 0.717) is 12.3 Å². The first-order chi connectivity index (χ1) is 6.13. The number of hydrogen-bond acceptors (Lipinski definition) is 3. The highest BCUT2D eigenvalue weighted by Gasteiger charge is 2.02. The van der Waals surface area contributed by atoms with E-state index < -0.39 is 0 Å². The Morgan fingerprint density at radius 2 is 2.08 bits per heavy atom. The number of aromatic hydroxyl groups is 1. The quantitative estimate of drug-likeness (QED) is 0.727. The number of phenolic OH excluding ortho intramolecular Hbond substituents is 1. The molecule has 0 saturated carbocycles. The van der Waals surface area contributed by atoms with Crippen LogP contribution < -0.4 is 5.73 Å². The Morgan fingerprint density at radius 3 is 2.62 bits per heavy atom. The van der Waals surface area contributed by atoms with Gasteiger partial charge in [-0.15, -0.1) is 0 Å². The van der Waals surface area contributed by atoms with Crippen LogP contribution in [0.5, 0.6) is 5.75 Å². The average molecular weight is 180 g/mol. The molecular weight excluding hydrogens is 164 g/mol. The van der Waals surface area contributed by atoms with Crippen molar-refractivity contribution in [2.24, 2.45) is 5.73 Å². The Hall–Kier alpha value is -1.06. The molecule has 72 valence electrons. The smallest absolute Gasteiger partial charge is 0.120 e. The van der Waals surface area contributed by atoms with Crippen LogP contribution in [0.15, 0.2) is 18.2 Å². The van der Waals surface area contributed by atoms with Crippen LogP contribution in [0, 0.1) is 0 Å². The molecular formula is C10H16N2O. The number of rotatable bonds is 3. The monoisotopic (exact) mass is 180 g/mol. The van der Waals surface area contributed by atoms with Crippen LogP contribution in [0.25, 0.3) is 0 Å². The molecule has 0 unspecified atom stereocenters. The van der Waals surface area contributed by atoms with Gasteiger partial charge in [0.1, 0.15) is 5.75 Å². The molecule has 0 heterocycles. The van der Waals surface area contributed by atoms with Gasteiger partial charge in [-0.05, 0) is 31.8 Å². The number of nitrogens with zero attached hydrogens (tertiary/aromatic N) is 1. The van der Waals surface area contributed by atoms with Crippen molar-refractivity contribution in [2.45, 2.75) is 13.1 Å². The first-order valence-electron chi connectivity index (χ1n) is 4.29. The van der Waals surface area contributed by atoms with Gasteiger partial charge >= 0.3 is 0 Å². The minimum atomic E-state index is 0.339. The van der Waals surface area contributed by atoms with Gasteiger partial charge in [-0.1, -0.05) is 6.07 Å². The molecule has 0 radical (unpaired) electrons. The van der Waals surface area contributed by atoms with Crippen molar-refractivity contribution < 1.29 is 5.11 Å². The third-order valence-electron chi connectivity index (χ3n) is 1.87. The van der Waals surface area contributed by atoms with E-state index in [1.807, 2.05) is 31.1 Å². The molecule has 1 rings (SSSR count). The van der Waals surface area contributed by atoms with Crippen LogP contribution >= 0.6 is 0 Å². The van der Waals surface area contributed by atoms with Crippen molar-refractivity contribution in [2.75, 3.05) is 14.1 Å². The van der Waals surface area contributed by atoms with Gasteiger partial charge in [0, 0.05) is 18.7 Å². The lowest BCUT2D eigenvalue weighted by Crippen LogP contribution is -2.11. The molecule has 0 bridgehead atoms. The molecule has 0 fully saturated rings. The van der Waals surface area contributed by atoms with E-state index in [1.54, 1.807) is 6.07 Å². The van der Waals surface area contributed by atoms with Gasteiger partial charge in [-0.2, -0.15) is 0 Å². The van der Waals surface area contributed by atoms with Gasteiger partial charge in [0.15, 0.2) is 0 Å². The maximum absolute atomic E-state index is 9.51. The summed E-state index contributed by atoms with van der Waals surface area (Å²) in [6, 6.07) is 5.48.